The zero-order valence-electron chi connectivity index (χ0n) is 17.4. The molecule has 2 aliphatic rings. The predicted octanol–water partition coefficient (Wildman–Crippen LogP) is 3.75. The normalized spacial score (nSPS) is 23.0. The van der Waals surface area contributed by atoms with Gasteiger partial charge in [0, 0.05) is 30.2 Å². The molecule has 7 heteroatoms. The van der Waals surface area contributed by atoms with Crippen LogP contribution in [0.3, 0.4) is 0 Å². The van der Waals surface area contributed by atoms with Gasteiger partial charge in [0.2, 0.25) is 5.91 Å². The average Bonchev–Trinajstić information content (AvgIpc) is 3.37. The van der Waals surface area contributed by atoms with E-state index in [1.807, 2.05) is 18.2 Å². The van der Waals surface area contributed by atoms with Crippen molar-refractivity contribution in [1.82, 2.24) is 25.0 Å². The maximum atomic E-state index is 12.7. The molecule has 1 N–H and O–H groups in total. The van der Waals surface area contributed by atoms with E-state index in [2.05, 4.69) is 51.0 Å². The summed E-state index contributed by atoms with van der Waals surface area (Å²) in [5.41, 5.74) is 1.06. The first-order valence-electron chi connectivity index (χ1n) is 10.8. The highest BCUT2D eigenvalue weighted by atomic mass is 32.2. The number of hydrogen-bond acceptors (Lipinski definition) is 5. The van der Waals surface area contributed by atoms with Crippen molar-refractivity contribution in [1.29, 1.82) is 0 Å². The Morgan fingerprint density at radius 2 is 2.03 bits per heavy atom. The summed E-state index contributed by atoms with van der Waals surface area (Å²) in [7, 11) is 0. The van der Waals surface area contributed by atoms with Gasteiger partial charge < -0.3 is 5.32 Å². The Labute approximate surface area is 177 Å². The monoisotopic (exact) mass is 413 g/mol. The number of fused-ring (bicyclic) bond motifs is 1. The molecule has 0 spiro atoms. The number of piperidine rings is 1. The third-order valence-electron chi connectivity index (χ3n) is 6.26. The van der Waals surface area contributed by atoms with Crippen LogP contribution in [0.25, 0.3) is 11.4 Å². The van der Waals surface area contributed by atoms with Gasteiger partial charge in [0.25, 0.3) is 0 Å². The zero-order chi connectivity index (χ0) is 20.2. The second-order valence-electron chi connectivity index (χ2n) is 8.15. The fraction of sp³-hybridized carbons (Fsp3) is 0.591. The number of thioether (sulfide) groups is 1. The molecule has 1 aromatic carbocycles. The summed E-state index contributed by atoms with van der Waals surface area (Å²) in [6.07, 6.45) is 5.84. The SMILES string of the molecule is CCC(C)n1c(SCC(=O)NC2CCN3CCCCC23)nnc1-c1ccccc1. The second-order valence-corrected chi connectivity index (χ2v) is 9.09. The molecule has 3 heterocycles. The van der Waals surface area contributed by atoms with E-state index in [4.69, 9.17) is 0 Å². The van der Waals surface area contributed by atoms with Gasteiger partial charge in [-0.15, -0.1) is 10.2 Å². The molecule has 1 amide bonds. The van der Waals surface area contributed by atoms with E-state index >= 15 is 0 Å². The van der Waals surface area contributed by atoms with Gasteiger partial charge in [-0.1, -0.05) is 55.4 Å². The molecule has 3 unspecified atom stereocenters. The fourth-order valence-corrected chi connectivity index (χ4v) is 5.38. The van der Waals surface area contributed by atoms with Crippen LogP contribution in [0.2, 0.25) is 0 Å². The van der Waals surface area contributed by atoms with Crippen LogP contribution in [0.1, 0.15) is 52.0 Å². The Bertz CT molecular complexity index is 824. The summed E-state index contributed by atoms with van der Waals surface area (Å²) >= 11 is 1.49. The lowest BCUT2D eigenvalue weighted by Gasteiger charge is -2.32. The summed E-state index contributed by atoms with van der Waals surface area (Å²) in [5.74, 6) is 1.36. The fourth-order valence-electron chi connectivity index (χ4n) is 4.53. The van der Waals surface area contributed by atoms with Gasteiger partial charge in [-0.3, -0.25) is 14.3 Å². The molecule has 2 saturated heterocycles. The van der Waals surface area contributed by atoms with E-state index in [1.54, 1.807) is 0 Å². The quantitative estimate of drug-likeness (QED) is 0.701. The Balaban J connectivity index is 1.41. The molecule has 2 aliphatic heterocycles. The van der Waals surface area contributed by atoms with Crippen LogP contribution >= 0.6 is 11.8 Å². The molecule has 29 heavy (non-hydrogen) atoms. The second kappa shape index (κ2) is 9.30. The van der Waals surface area contributed by atoms with Crippen LogP contribution in [0.15, 0.2) is 35.5 Å². The van der Waals surface area contributed by atoms with E-state index in [0.717, 1.165) is 35.9 Å². The highest BCUT2D eigenvalue weighted by molar-refractivity contribution is 7.99. The van der Waals surface area contributed by atoms with Crippen molar-refractivity contribution in [3.05, 3.63) is 30.3 Å². The standard InChI is InChI=1S/C22H31N5OS/c1-3-16(2)27-21(17-9-5-4-6-10-17)24-25-22(27)29-15-20(28)23-18-12-14-26-13-8-7-11-19(18)26/h4-6,9-10,16,18-19H,3,7-8,11-15H2,1-2H3,(H,23,28). The van der Waals surface area contributed by atoms with Crippen LogP contribution in [0.5, 0.6) is 0 Å². The van der Waals surface area contributed by atoms with Crippen molar-refractivity contribution < 1.29 is 4.79 Å². The molecular weight excluding hydrogens is 382 g/mol. The molecule has 2 fully saturated rings. The molecule has 4 rings (SSSR count). The summed E-state index contributed by atoms with van der Waals surface area (Å²) in [6.45, 7) is 6.64. The van der Waals surface area contributed by atoms with Crippen molar-refractivity contribution in [2.24, 2.45) is 0 Å². The minimum Gasteiger partial charge on any atom is -0.351 e. The van der Waals surface area contributed by atoms with E-state index in [1.165, 1.54) is 37.6 Å². The number of nitrogens with zero attached hydrogens (tertiary/aromatic N) is 4. The van der Waals surface area contributed by atoms with Gasteiger partial charge in [-0.2, -0.15) is 0 Å². The summed E-state index contributed by atoms with van der Waals surface area (Å²) in [5, 5.41) is 13.0. The number of aromatic nitrogens is 3. The van der Waals surface area contributed by atoms with E-state index in [-0.39, 0.29) is 11.9 Å². The summed E-state index contributed by atoms with van der Waals surface area (Å²) in [4.78, 5) is 15.2. The molecule has 0 aliphatic carbocycles. The van der Waals surface area contributed by atoms with Crippen LogP contribution < -0.4 is 5.32 Å². The number of carbonyl (C=O) groups excluding carboxylic acids is 1. The van der Waals surface area contributed by atoms with Crippen molar-refractivity contribution >= 4 is 17.7 Å². The van der Waals surface area contributed by atoms with Crippen LogP contribution in [0, 0.1) is 0 Å². The van der Waals surface area contributed by atoms with Crippen molar-refractivity contribution in [3.8, 4) is 11.4 Å². The Hall–Kier alpha value is -1.86. The largest absolute Gasteiger partial charge is 0.351 e. The third kappa shape index (κ3) is 4.51. The van der Waals surface area contributed by atoms with Crippen molar-refractivity contribution in [2.75, 3.05) is 18.8 Å². The molecule has 156 valence electrons. The number of amides is 1. The number of nitrogens with one attached hydrogen (secondary N) is 1. The van der Waals surface area contributed by atoms with E-state index < -0.39 is 0 Å². The van der Waals surface area contributed by atoms with Crippen molar-refractivity contribution in [2.45, 2.75) is 69.2 Å². The maximum absolute atomic E-state index is 12.7. The molecule has 0 radical (unpaired) electrons. The van der Waals surface area contributed by atoms with E-state index in [9.17, 15) is 4.79 Å². The van der Waals surface area contributed by atoms with Gasteiger partial charge in [-0.25, -0.2) is 0 Å². The van der Waals surface area contributed by atoms with Gasteiger partial charge in [-0.05, 0) is 39.2 Å². The molecule has 0 bridgehead atoms. The van der Waals surface area contributed by atoms with Gasteiger partial charge in [0.1, 0.15) is 0 Å². The van der Waals surface area contributed by atoms with Crippen LogP contribution in [-0.2, 0) is 4.79 Å². The van der Waals surface area contributed by atoms with Crippen LogP contribution in [-0.4, -0.2) is 56.5 Å². The smallest absolute Gasteiger partial charge is 0.230 e. The maximum Gasteiger partial charge on any atom is 0.230 e. The molecule has 6 nitrogen and oxygen atoms in total. The summed E-state index contributed by atoms with van der Waals surface area (Å²) in [6, 6.07) is 11.3. The molecule has 2 aromatic rings. The number of hydrogen-bond donors (Lipinski definition) is 1. The number of benzene rings is 1. The molecule has 0 saturated carbocycles. The first-order chi connectivity index (χ1) is 14.2. The first-order valence-corrected chi connectivity index (χ1v) is 11.8. The Morgan fingerprint density at radius 1 is 1.21 bits per heavy atom. The zero-order valence-corrected chi connectivity index (χ0v) is 18.2. The van der Waals surface area contributed by atoms with Crippen LogP contribution in [0.4, 0.5) is 0 Å². The summed E-state index contributed by atoms with van der Waals surface area (Å²) < 4.78 is 2.17. The highest BCUT2D eigenvalue weighted by Gasteiger charge is 2.36. The topological polar surface area (TPSA) is 63.1 Å². The Kier molecular flexibility index (Phi) is 6.55. The first kappa shape index (κ1) is 20.4. The average molecular weight is 414 g/mol. The lowest BCUT2D eigenvalue weighted by Crippen LogP contribution is -2.47. The molecule has 3 atom stereocenters. The lowest BCUT2D eigenvalue weighted by molar-refractivity contribution is -0.119. The molecule has 1 aromatic heterocycles. The minimum absolute atomic E-state index is 0.104. The number of carbonyl (C=O) groups is 1. The van der Waals surface area contributed by atoms with Gasteiger partial charge >= 0.3 is 0 Å². The van der Waals surface area contributed by atoms with Gasteiger partial charge in [0.05, 0.1) is 5.75 Å². The predicted molar refractivity (Wildman–Crippen MR) is 117 cm³/mol. The van der Waals surface area contributed by atoms with Gasteiger partial charge in [0.15, 0.2) is 11.0 Å². The lowest BCUT2D eigenvalue weighted by atomic mass is 9.99. The van der Waals surface area contributed by atoms with E-state index in [0.29, 0.717) is 17.8 Å². The minimum atomic E-state index is 0.104. The molecular formula is C22H31N5OS. The number of rotatable bonds is 7. The highest BCUT2D eigenvalue weighted by Crippen LogP contribution is 2.30. The Morgan fingerprint density at radius 3 is 2.83 bits per heavy atom. The third-order valence-corrected chi connectivity index (χ3v) is 7.21. The van der Waals surface area contributed by atoms with Crippen molar-refractivity contribution in [3.63, 3.8) is 0 Å².